The summed E-state index contributed by atoms with van der Waals surface area (Å²) in [5, 5.41) is 0.870. The van der Waals surface area contributed by atoms with Crippen LogP contribution in [0.1, 0.15) is 0 Å². The van der Waals surface area contributed by atoms with Gasteiger partial charge < -0.3 is 4.74 Å². The molecule has 0 fully saturated rings. The molecule has 0 radical (unpaired) electrons. The molecule has 0 aliphatic carbocycles. The van der Waals surface area contributed by atoms with Gasteiger partial charge in [-0.3, -0.25) is 0 Å². The number of methoxy groups -OCH3 is 1. The molecule has 0 aromatic rings. The molecule has 1 nitrogen and oxygen atoms in total. The first-order chi connectivity index (χ1) is 2.81. The van der Waals surface area contributed by atoms with Crippen molar-refractivity contribution in [3.63, 3.8) is 0 Å². The highest BCUT2D eigenvalue weighted by molar-refractivity contribution is 6.19. The minimum absolute atomic E-state index is 0.870. The molecule has 0 heterocycles. The Bertz CT molecular complexity index is 81.5. The van der Waals surface area contributed by atoms with E-state index in [1.165, 1.54) is 0 Å². The molecule has 2 heteroatoms. The molecule has 0 spiro atoms. The number of hydrogen-bond acceptors (Lipinski definition) is 1. The van der Waals surface area contributed by atoms with Gasteiger partial charge in [-0.2, -0.15) is 0 Å². The Balaban J connectivity index is 3.52. The van der Waals surface area contributed by atoms with Crippen molar-refractivity contribution in [1.82, 2.24) is 0 Å². The van der Waals surface area contributed by atoms with Crippen LogP contribution in [0.3, 0.4) is 0 Å². The molecular weight excluding hydrogens is 92.1 g/mol. The van der Waals surface area contributed by atoms with Crippen LogP contribution in [0.5, 0.6) is 0 Å². The highest BCUT2D eigenvalue weighted by Gasteiger charge is 1.70. The molecule has 0 saturated carbocycles. The number of hydrogen-bond donors (Lipinski definition) is 0. The van der Waals surface area contributed by atoms with Crippen molar-refractivity contribution in [3.8, 4) is 0 Å². The Morgan fingerprint density at radius 1 is 2.00 bits per heavy atom. The van der Waals surface area contributed by atoms with Gasteiger partial charge in [0.05, 0.1) is 17.4 Å². The standard InChI is InChI=1S/C4H8OSi/c1-3-4(6)5-2/h1H2,2,6H3. The Morgan fingerprint density at radius 3 is 2.50 bits per heavy atom. The maximum Gasteiger partial charge on any atom is 0.103 e. The maximum atomic E-state index is 4.70. The van der Waals surface area contributed by atoms with E-state index in [0.717, 1.165) is 15.6 Å². The summed E-state index contributed by atoms with van der Waals surface area (Å²) >= 11 is 0. The lowest BCUT2D eigenvalue weighted by atomic mass is 10.9. The van der Waals surface area contributed by atoms with Crippen molar-refractivity contribution < 1.29 is 4.74 Å². The zero-order valence-corrected chi connectivity index (χ0v) is 6.12. The van der Waals surface area contributed by atoms with E-state index in [9.17, 15) is 0 Å². The van der Waals surface area contributed by atoms with Gasteiger partial charge in [0.1, 0.15) is 5.38 Å². The molecule has 6 heavy (non-hydrogen) atoms. The lowest BCUT2D eigenvalue weighted by molar-refractivity contribution is 0.322. The van der Waals surface area contributed by atoms with Gasteiger partial charge >= 0.3 is 0 Å². The lowest BCUT2D eigenvalue weighted by Crippen LogP contribution is -1.78. The second-order valence-electron chi connectivity index (χ2n) is 0.937. The quantitative estimate of drug-likeness (QED) is 0.248. The molecule has 0 N–H and O–H groups in total. The monoisotopic (exact) mass is 100 g/mol. The molecule has 0 saturated heterocycles. The van der Waals surface area contributed by atoms with E-state index < -0.39 is 0 Å². The summed E-state index contributed by atoms with van der Waals surface area (Å²) in [5.41, 5.74) is 2.62. The van der Waals surface area contributed by atoms with Crippen molar-refractivity contribution in [2.45, 2.75) is 0 Å². The molecule has 0 amide bonds. The normalized spacial score (nSPS) is 6.83. The third-order valence-electron chi connectivity index (χ3n) is 0.555. The fourth-order valence-corrected chi connectivity index (χ4v) is 0.0722. The summed E-state index contributed by atoms with van der Waals surface area (Å²) in [7, 11) is 2.54. The molecule has 0 aliphatic heterocycles. The van der Waals surface area contributed by atoms with E-state index in [1.54, 1.807) is 7.11 Å². The highest BCUT2D eigenvalue weighted by Crippen LogP contribution is 1.77. The van der Waals surface area contributed by atoms with Gasteiger partial charge in [0.25, 0.3) is 0 Å². The minimum atomic E-state index is 0.870. The van der Waals surface area contributed by atoms with Gasteiger partial charge in [-0.15, -0.1) is 0 Å². The van der Waals surface area contributed by atoms with Crippen LogP contribution < -0.4 is 0 Å². The van der Waals surface area contributed by atoms with Gasteiger partial charge in [-0.25, -0.2) is 0 Å². The van der Waals surface area contributed by atoms with Crippen LogP contribution in [0.25, 0.3) is 0 Å². The first-order valence-corrected chi connectivity index (χ1v) is 2.72. The van der Waals surface area contributed by atoms with Crippen molar-refractivity contribution in [2.75, 3.05) is 7.11 Å². The first kappa shape index (κ1) is 5.54. The van der Waals surface area contributed by atoms with Crippen LogP contribution in [0.4, 0.5) is 0 Å². The van der Waals surface area contributed by atoms with Gasteiger partial charge in [0, 0.05) is 0 Å². The average molecular weight is 100 g/mol. The molecule has 0 aromatic heterocycles. The average Bonchev–Trinajstić information content (AvgIpc) is 1.65. The van der Waals surface area contributed by atoms with Gasteiger partial charge in [0.15, 0.2) is 0 Å². The van der Waals surface area contributed by atoms with Crippen molar-refractivity contribution in [2.24, 2.45) is 0 Å². The Morgan fingerprint density at radius 2 is 2.50 bits per heavy atom. The third-order valence-corrected chi connectivity index (χ3v) is 1.32. The van der Waals surface area contributed by atoms with Crippen molar-refractivity contribution in [3.05, 3.63) is 17.7 Å². The predicted octanol–water partition coefficient (Wildman–Crippen LogP) is -0.376. The van der Waals surface area contributed by atoms with Crippen LogP contribution in [-0.2, 0) is 4.74 Å². The second kappa shape index (κ2) is 2.76. The van der Waals surface area contributed by atoms with Crippen molar-refractivity contribution >= 4 is 10.2 Å². The SMILES string of the molecule is C=C=C([SiH3])OC. The Hall–Kier alpha value is -0.463. The molecule has 34 valence electrons. The van der Waals surface area contributed by atoms with Gasteiger partial charge in [0.2, 0.25) is 0 Å². The third kappa shape index (κ3) is 1.82. The largest absolute Gasteiger partial charge is 0.499 e. The zero-order valence-electron chi connectivity index (χ0n) is 4.12. The Labute approximate surface area is 40.7 Å². The molecule has 0 rings (SSSR count). The summed E-state index contributed by atoms with van der Waals surface area (Å²) in [6.07, 6.45) is 0. The molecule has 0 atom stereocenters. The lowest BCUT2D eigenvalue weighted by Gasteiger charge is -1.88. The van der Waals surface area contributed by atoms with E-state index in [0.29, 0.717) is 0 Å². The van der Waals surface area contributed by atoms with Crippen molar-refractivity contribution in [1.29, 1.82) is 0 Å². The number of rotatable bonds is 1. The number of ether oxygens (including phenoxy) is 1. The van der Waals surface area contributed by atoms with E-state index in [1.807, 2.05) is 0 Å². The summed E-state index contributed by atoms with van der Waals surface area (Å²) in [6.45, 7) is 3.38. The summed E-state index contributed by atoms with van der Waals surface area (Å²) < 4.78 is 4.70. The first-order valence-electron chi connectivity index (χ1n) is 1.72. The van der Waals surface area contributed by atoms with Crippen LogP contribution in [0.2, 0.25) is 0 Å². The molecule has 0 aliphatic rings. The maximum absolute atomic E-state index is 4.70. The van der Waals surface area contributed by atoms with Crippen LogP contribution >= 0.6 is 0 Å². The van der Waals surface area contributed by atoms with Crippen LogP contribution in [0.15, 0.2) is 17.7 Å². The van der Waals surface area contributed by atoms with Crippen LogP contribution in [-0.4, -0.2) is 17.4 Å². The predicted molar refractivity (Wildman–Crippen MR) is 29.6 cm³/mol. The molecule has 0 aromatic carbocycles. The summed E-state index contributed by atoms with van der Waals surface area (Å²) in [4.78, 5) is 0. The summed E-state index contributed by atoms with van der Waals surface area (Å²) in [6, 6.07) is 0. The Kier molecular flexibility index (Phi) is 2.54. The summed E-state index contributed by atoms with van der Waals surface area (Å²) in [5.74, 6) is 0. The molecule has 0 bridgehead atoms. The highest BCUT2D eigenvalue weighted by atomic mass is 28.1. The molecule has 0 unspecified atom stereocenters. The van der Waals surface area contributed by atoms with E-state index >= 15 is 0 Å². The smallest absolute Gasteiger partial charge is 0.103 e. The van der Waals surface area contributed by atoms with E-state index in [4.69, 9.17) is 4.74 Å². The topological polar surface area (TPSA) is 9.23 Å². The fraction of sp³-hybridized carbons (Fsp3) is 0.250. The van der Waals surface area contributed by atoms with Gasteiger partial charge in [-0.05, 0) is 0 Å². The van der Waals surface area contributed by atoms with E-state index in [-0.39, 0.29) is 0 Å². The van der Waals surface area contributed by atoms with Gasteiger partial charge in [-0.1, -0.05) is 12.3 Å². The fourth-order valence-electron chi connectivity index (χ4n) is 0.0722. The van der Waals surface area contributed by atoms with Crippen LogP contribution in [0, 0.1) is 0 Å². The zero-order chi connectivity index (χ0) is 4.99. The molecular formula is C4H8OSi. The van der Waals surface area contributed by atoms with E-state index in [2.05, 4.69) is 12.3 Å². The minimum Gasteiger partial charge on any atom is -0.499 e. The second-order valence-corrected chi connectivity index (χ2v) is 1.85.